The van der Waals surface area contributed by atoms with E-state index in [0.717, 1.165) is 41.3 Å². The summed E-state index contributed by atoms with van der Waals surface area (Å²) in [6.45, 7) is 2.81. The van der Waals surface area contributed by atoms with E-state index >= 15 is 0 Å². The first kappa shape index (κ1) is 17.9. The molecule has 1 N–H and O–H groups in total. The van der Waals surface area contributed by atoms with Gasteiger partial charge in [-0.25, -0.2) is 17.9 Å². The largest absolute Gasteiger partial charge is 0.330 e. The van der Waals surface area contributed by atoms with Gasteiger partial charge in [-0.1, -0.05) is 12.8 Å². The molecule has 0 aliphatic carbocycles. The second kappa shape index (κ2) is 7.41. The van der Waals surface area contributed by atoms with Crippen molar-refractivity contribution in [3.63, 3.8) is 0 Å². The van der Waals surface area contributed by atoms with Crippen LogP contribution in [0.25, 0.3) is 0 Å². The molecular formula is C14H24N4O4S. The molecule has 0 radical (unpaired) electrons. The first-order chi connectivity index (χ1) is 10.8. The number of rotatable bonds is 5. The second-order valence-corrected chi connectivity index (χ2v) is 7.64. The first-order valence-electron chi connectivity index (χ1n) is 7.81. The molecule has 0 bridgehead atoms. The van der Waals surface area contributed by atoms with Crippen LogP contribution in [0.5, 0.6) is 0 Å². The summed E-state index contributed by atoms with van der Waals surface area (Å²) in [4.78, 5) is 25.5. The number of nitrogens with one attached hydrogen (secondary N) is 1. The van der Waals surface area contributed by atoms with Crippen LogP contribution in [-0.2, 0) is 24.1 Å². The third-order valence-corrected chi connectivity index (χ3v) is 5.57. The zero-order valence-electron chi connectivity index (χ0n) is 13.6. The fourth-order valence-electron chi connectivity index (χ4n) is 2.74. The van der Waals surface area contributed by atoms with Crippen LogP contribution in [0, 0.1) is 0 Å². The second-order valence-electron chi connectivity index (χ2n) is 5.90. The van der Waals surface area contributed by atoms with Crippen molar-refractivity contribution in [2.45, 2.75) is 30.6 Å². The Morgan fingerprint density at radius 1 is 1.09 bits per heavy atom. The molecule has 1 aliphatic heterocycles. The summed E-state index contributed by atoms with van der Waals surface area (Å²) in [6.07, 6.45) is 5.77. The number of likely N-dealkylation sites (tertiary alicyclic amines) is 1. The standard InChI is InChI=1S/C14H24N4O4S/c1-16-11-12(13(19)17(2)14(16)20)23(21,22)15-7-10-18-8-5-3-4-6-9-18/h11,15H,3-10H2,1-2H3. The van der Waals surface area contributed by atoms with Crippen LogP contribution in [0.3, 0.4) is 0 Å². The van der Waals surface area contributed by atoms with Gasteiger partial charge in [0, 0.05) is 33.4 Å². The molecular weight excluding hydrogens is 320 g/mol. The molecule has 1 aromatic rings. The van der Waals surface area contributed by atoms with E-state index in [1.165, 1.54) is 26.9 Å². The predicted octanol–water partition coefficient (Wildman–Crippen LogP) is -0.762. The maximum Gasteiger partial charge on any atom is 0.330 e. The highest BCUT2D eigenvalue weighted by atomic mass is 32.2. The van der Waals surface area contributed by atoms with E-state index in [-0.39, 0.29) is 6.54 Å². The highest BCUT2D eigenvalue weighted by Gasteiger charge is 2.21. The monoisotopic (exact) mass is 344 g/mol. The maximum atomic E-state index is 12.3. The average Bonchev–Trinajstić information content (AvgIpc) is 2.77. The smallest absolute Gasteiger partial charge is 0.302 e. The molecule has 0 amide bonds. The van der Waals surface area contributed by atoms with Gasteiger partial charge < -0.3 is 9.47 Å². The van der Waals surface area contributed by atoms with E-state index in [1.54, 1.807) is 0 Å². The van der Waals surface area contributed by atoms with Crippen LogP contribution in [0.4, 0.5) is 0 Å². The van der Waals surface area contributed by atoms with Crippen molar-refractivity contribution in [3.8, 4) is 0 Å². The van der Waals surface area contributed by atoms with Crippen LogP contribution in [-0.4, -0.2) is 48.6 Å². The van der Waals surface area contributed by atoms with Crippen molar-refractivity contribution < 1.29 is 8.42 Å². The summed E-state index contributed by atoms with van der Waals surface area (Å²) < 4.78 is 29.0. The van der Waals surface area contributed by atoms with E-state index in [9.17, 15) is 18.0 Å². The summed E-state index contributed by atoms with van der Waals surface area (Å²) in [5.74, 6) is 0. The zero-order chi connectivity index (χ0) is 17.0. The molecule has 1 aromatic heterocycles. The summed E-state index contributed by atoms with van der Waals surface area (Å²) in [5, 5.41) is 0. The predicted molar refractivity (Wildman–Crippen MR) is 87.0 cm³/mol. The minimum Gasteiger partial charge on any atom is -0.302 e. The molecule has 130 valence electrons. The summed E-state index contributed by atoms with van der Waals surface area (Å²) >= 11 is 0. The first-order valence-corrected chi connectivity index (χ1v) is 9.30. The molecule has 1 aliphatic rings. The third-order valence-electron chi connectivity index (χ3n) is 4.12. The van der Waals surface area contributed by atoms with Gasteiger partial charge in [0.05, 0.1) is 0 Å². The van der Waals surface area contributed by atoms with Crippen molar-refractivity contribution in [2.24, 2.45) is 14.1 Å². The van der Waals surface area contributed by atoms with Crippen LogP contribution >= 0.6 is 0 Å². The summed E-state index contributed by atoms with van der Waals surface area (Å²) in [5.41, 5.74) is -1.37. The fourth-order valence-corrected chi connectivity index (χ4v) is 3.91. The van der Waals surface area contributed by atoms with Gasteiger partial charge in [0.2, 0.25) is 10.0 Å². The lowest BCUT2D eigenvalue weighted by molar-refractivity contribution is 0.290. The number of aromatic nitrogens is 2. The number of aryl methyl sites for hydroxylation is 1. The fraction of sp³-hybridized carbons (Fsp3) is 0.714. The Labute approximate surface area is 135 Å². The molecule has 1 saturated heterocycles. The normalized spacial score (nSPS) is 17.1. The molecule has 9 heteroatoms. The van der Waals surface area contributed by atoms with Gasteiger partial charge in [0.25, 0.3) is 5.56 Å². The average molecular weight is 344 g/mol. The molecule has 0 saturated carbocycles. The van der Waals surface area contributed by atoms with E-state index in [1.807, 2.05) is 0 Å². The quantitative estimate of drug-likeness (QED) is 0.758. The lowest BCUT2D eigenvalue weighted by Gasteiger charge is -2.19. The van der Waals surface area contributed by atoms with Crippen molar-refractivity contribution >= 4 is 10.0 Å². The van der Waals surface area contributed by atoms with Crippen molar-refractivity contribution in [1.82, 2.24) is 18.8 Å². The summed E-state index contributed by atoms with van der Waals surface area (Å²) in [6, 6.07) is 0. The maximum absolute atomic E-state index is 12.3. The number of nitrogens with zero attached hydrogens (tertiary/aromatic N) is 3. The molecule has 0 unspecified atom stereocenters. The molecule has 2 rings (SSSR count). The SMILES string of the molecule is Cn1cc(S(=O)(=O)NCCN2CCCCCC2)c(=O)n(C)c1=O. The summed E-state index contributed by atoms with van der Waals surface area (Å²) in [7, 11) is -1.25. The van der Waals surface area contributed by atoms with E-state index in [0.29, 0.717) is 6.54 Å². The van der Waals surface area contributed by atoms with Gasteiger partial charge in [0.15, 0.2) is 4.90 Å². The van der Waals surface area contributed by atoms with Gasteiger partial charge in [-0.05, 0) is 25.9 Å². The number of hydrogen-bond donors (Lipinski definition) is 1. The van der Waals surface area contributed by atoms with Gasteiger partial charge in [-0.3, -0.25) is 9.36 Å². The van der Waals surface area contributed by atoms with Crippen LogP contribution in [0.1, 0.15) is 25.7 Å². The highest BCUT2D eigenvalue weighted by Crippen LogP contribution is 2.09. The van der Waals surface area contributed by atoms with Crippen LogP contribution in [0.15, 0.2) is 20.7 Å². The van der Waals surface area contributed by atoms with Crippen molar-refractivity contribution in [2.75, 3.05) is 26.2 Å². The van der Waals surface area contributed by atoms with Gasteiger partial charge >= 0.3 is 5.69 Å². The van der Waals surface area contributed by atoms with Gasteiger partial charge in [-0.15, -0.1) is 0 Å². The van der Waals surface area contributed by atoms with Crippen LogP contribution < -0.4 is 16.0 Å². The highest BCUT2D eigenvalue weighted by molar-refractivity contribution is 7.89. The molecule has 2 heterocycles. The third kappa shape index (κ3) is 4.30. The minimum atomic E-state index is -3.93. The molecule has 0 spiro atoms. The van der Waals surface area contributed by atoms with E-state index < -0.39 is 26.2 Å². The molecule has 8 nitrogen and oxygen atoms in total. The molecule has 23 heavy (non-hydrogen) atoms. The van der Waals surface area contributed by atoms with Crippen molar-refractivity contribution in [1.29, 1.82) is 0 Å². The molecule has 0 aromatic carbocycles. The Morgan fingerprint density at radius 3 is 2.30 bits per heavy atom. The lowest BCUT2D eigenvalue weighted by Crippen LogP contribution is -2.42. The Morgan fingerprint density at radius 2 is 1.70 bits per heavy atom. The van der Waals surface area contributed by atoms with Crippen LogP contribution in [0.2, 0.25) is 0 Å². The Kier molecular flexibility index (Phi) is 5.77. The lowest BCUT2D eigenvalue weighted by atomic mass is 10.2. The van der Waals surface area contributed by atoms with Gasteiger partial charge in [-0.2, -0.15) is 0 Å². The number of sulfonamides is 1. The Balaban J connectivity index is 2.07. The zero-order valence-corrected chi connectivity index (χ0v) is 14.4. The van der Waals surface area contributed by atoms with Gasteiger partial charge in [0.1, 0.15) is 0 Å². The number of hydrogen-bond acceptors (Lipinski definition) is 5. The minimum absolute atomic E-state index is 0.244. The van der Waals surface area contributed by atoms with E-state index in [2.05, 4.69) is 9.62 Å². The Hall–Kier alpha value is -1.45. The molecule has 1 fully saturated rings. The molecule has 0 atom stereocenters. The Bertz CT molecular complexity index is 758. The van der Waals surface area contributed by atoms with E-state index in [4.69, 9.17) is 0 Å². The van der Waals surface area contributed by atoms with Crippen molar-refractivity contribution in [3.05, 3.63) is 27.0 Å². The topological polar surface area (TPSA) is 93.4 Å².